The third kappa shape index (κ3) is 3.15. The molecule has 0 saturated heterocycles. The van der Waals surface area contributed by atoms with Crippen molar-refractivity contribution in [3.63, 3.8) is 0 Å². The van der Waals surface area contributed by atoms with E-state index in [2.05, 4.69) is 20.8 Å². The molecule has 6 heteroatoms. The van der Waals surface area contributed by atoms with Gasteiger partial charge in [0.25, 0.3) is 0 Å². The second kappa shape index (κ2) is 6.02. The lowest BCUT2D eigenvalue weighted by Crippen LogP contribution is -2.19. The maximum absolute atomic E-state index is 5.57. The lowest BCUT2D eigenvalue weighted by Gasteiger charge is -2.02. The fraction of sp³-hybridized carbons (Fsp3) is 0.286. The highest BCUT2D eigenvalue weighted by Gasteiger charge is 2.07. The number of nitrogens with one attached hydrogen (secondary N) is 1. The molecular formula is C14H16N4OS. The fourth-order valence-electron chi connectivity index (χ4n) is 1.89. The van der Waals surface area contributed by atoms with E-state index < -0.39 is 0 Å². The molecule has 0 bridgehead atoms. The van der Waals surface area contributed by atoms with Crippen molar-refractivity contribution in [2.75, 3.05) is 6.54 Å². The second-order valence-electron chi connectivity index (χ2n) is 4.50. The molecule has 20 heavy (non-hydrogen) atoms. The number of thiazole rings is 1. The fourth-order valence-corrected chi connectivity index (χ4v) is 2.67. The Morgan fingerprint density at radius 1 is 1.40 bits per heavy atom. The minimum absolute atomic E-state index is 0.761. The van der Waals surface area contributed by atoms with Crippen molar-refractivity contribution < 1.29 is 4.42 Å². The van der Waals surface area contributed by atoms with E-state index in [4.69, 9.17) is 4.42 Å². The lowest BCUT2D eigenvalue weighted by atomic mass is 10.4. The van der Waals surface area contributed by atoms with Crippen LogP contribution in [0.15, 0.2) is 40.4 Å². The molecule has 0 saturated carbocycles. The zero-order chi connectivity index (χ0) is 13.8. The van der Waals surface area contributed by atoms with E-state index in [0.717, 1.165) is 41.9 Å². The van der Waals surface area contributed by atoms with Crippen LogP contribution < -0.4 is 5.32 Å². The largest absolute Gasteiger partial charge is 0.459 e. The highest BCUT2D eigenvalue weighted by atomic mass is 32.1. The topological polar surface area (TPSA) is 55.9 Å². The van der Waals surface area contributed by atoms with Crippen molar-refractivity contribution in [2.24, 2.45) is 0 Å². The van der Waals surface area contributed by atoms with Crippen LogP contribution in [0, 0.1) is 6.92 Å². The molecule has 0 unspecified atom stereocenters. The lowest BCUT2D eigenvalue weighted by molar-refractivity contribution is 0.545. The number of hydrogen-bond acceptors (Lipinski definition) is 5. The molecule has 0 amide bonds. The van der Waals surface area contributed by atoms with Crippen molar-refractivity contribution >= 4 is 11.3 Å². The summed E-state index contributed by atoms with van der Waals surface area (Å²) in [6, 6.07) is 5.85. The van der Waals surface area contributed by atoms with Crippen molar-refractivity contribution in [1.29, 1.82) is 0 Å². The Morgan fingerprint density at radius 3 is 3.10 bits per heavy atom. The summed E-state index contributed by atoms with van der Waals surface area (Å²) in [5.74, 6) is 1.75. The van der Waals surface area contributed by atoms with Crippen LogP contribution in [0.1, 0.15) is 11.5 Å². The minimum Gasteiger partial charge on any atom is -0.459 e. The van der Waals surface area contributed by atoms with E-state index in [-0.39, 0.29) is 0 Å². The van der Waals surface area contributed by atoms with Gasteiger partial charge >= 0.3 is 0 Å². The summed E-state index contributed by atoms with van der Waals surface area (Å²) in [6.07, 6.45) is 3.75. The Hall–Kier alpha value is -1.92. The average Bonchev–Trinajstić information content (AvgIpc) is 3.16. The van der Waals surface area contributed by atoms with Gasteiger partial charge in [0.1, 0.15) is 5.76 Å². The van der Waals surface area contributed by atoms with Gasteiger partial charge in [0.05, 0.1) is 12.2 Å². The van der Waals surface area contributed by atoms with Crippen molar-refractivity contribution in [1.82, 2.24) is 20.1 Å². The van der Waals surface area contributed by atoms with Gasteiger partial charge in [-0.3, -0.25) is 4.68 Å². The highest BCUT2D eigenvalue weighted by molar-refractivity contribution is 7.13. The Bertz CT molecular complexity index is 656. The molecule has 1 N–H and O–H groups in total. The van der Waals surface area contributed by atoms with E-state index in [0.29, 0.717) is 0 Å². The third-order valence-electron chi connectivity index (χ3n) is 2.89. The maximum Gasteiger partial charge on any atom is 0.162 e. The van der Waals surface area contributed by atoms with Crippen molar-refractivity contribution in [3.8, 4) is 10.8 Å². The van der Waals surface area contributed by atoms with Crippen LogP contribution in [0.3, 0.4) is 0 Å². The summed E-state index contributed by atoms with van der Waals surface area (Å²) in [5, 5.41) is 10.5. The maximum atomic E-state index is 5.57. The first-order valence-corrected chi connectivity index (χ1v) is 7.38. The molecule has 0 aliphatic carbocycles. The van der Waals surface area contributed by atoms with Crippen LogP contribution >= 0.6 is 11.3 Å². The summed E-state index contributed by atoms with van der Waals surface area (Å²) in [4.78, 5) is 4.57. The zero-order valence-electron chi connectivity index (χ0n) is 11.2. The third-order valence-corrected chi connectivity index (χ3v) is 3.79. The molecule has 5 nitrogen and oxygen atoms in total. The predicted molar refractivity (Wildman–Crippen MR) is 78.5 cm³/mol. The molecule has 104 valence electrons. The quantitative estimate of drug-likeness (QED) is 0.709. The van der Waals surface area contributed by atoms with Gasteiger partial charge in [0, 0.05) is 30.9 Å². The summed E-state index contributed by atoms with van der Waals surface area (Å²) in [6.45, 7) is 4.43. The Labute approximate surface area is 121 Å². The van der Waals surface area contributed by atoms with Gasteiger partial charge in [-0.1, -0.05) is 0 Å². The summed E-state index contributed by atoms with van der Waals surface area (Å²) in [5.41, 5.74) is 1.04. The molecule has 0 fully saturated rings. The normalized spacial score (nSPS) is 11.1. The van der Waals surface area contributed by atoms with Crippen LogP contribution in [0.25, 0.3) is 10.8 Å². The van der Waals surface area contributed by atoms with Crippen molar-refractivity contribution in [2.45, 2.75) is 20.0 Å². The number of aryl methyl sites for hydroxylation is 1. The minimum atomic E-state index is 0.761. The molecule has 3 heterocycles. The van der Waals surface area contributed by atoms with E-state index in [1.165, 1.54) is 0 Å². The molecule has 0 atom stereocenters. The first kappa shape index (κ1) is 13.1. The first-order chi connectivity index (χ1) is 9.81. The van der Waals surface area contributed by atoms with E-state index in [1.807, 2.05) is 36.0 Å². The number of aromatic nitrogens is 3. The predicted octanol–water partition coefficient (Wildman–Crippen LogP) is 2.70. The molecule has 3 aromatic rings. The molecule has 0 spiro atoms. The molecule has 0 radical (unpaired) electrons. The number of furan rings is 1. The van der Waals surface area contributed by atoms with Crippen LogP contribution in [-0.4, -0.2) is 21.3 Å². The molecule has 3 rings (SSSR count). The monoisotopic (exact) mass is 288 g/mol. The Balaban J connectivity index is 1.50. The second-order valence-corrected chi connectivity index (χ2v) is 5.36. The van der Waals surface area contributed by atoms with E-state index in [9.17, 15) is 0 Å². The average molecular weight is 288 g/mol. The van der Waals surface area contributed by atoms with E-state index in [1.54, 1.807) is 17.5 Å². The molecule has 0 aliphatic heterocycles. The van der Waals surface area contributed by atoms with Crippen LogP contribution in [0.4, 0.5) is 0 Å². The first-order valence-electron chi connectivity index (χ1n) is 6.50. The van der Waals surface area contributed by atoms with Crippen molar-refractivity contribution in [3.05, 3.63) is 47.4 Å². The van der Waals surface area contributed by atoms with Gasteiger partial charge < -0.3 is 9.73 Å². The summed E-state index contributed by atoms with van der Waals surface area (Å²) < 4.78 is 7.48. The highest BCUT2D eigenvalue weighted by Crippen LogP contribution is 2.25. The van der Waals surface area contributed by atoms with Gasteiger partial charge in [-0.25, -0.2) is 4.98 Å². The van der Waals surface area contributed by atoms with Gasteiger partial charge in [-0.2, -0.15) is 5.10 Å². The summed E-state index contributed by atoms with van der Waals surface area (Å²) in [7, 11) is 0. The Kier molecular flexibility index (Phi) is 3.94. The Morgan fingerprint density at radius 2 is 2.35 bits per heavy atom. The smallest absolute Gasteiger partial charge is 0.162 e. The summed E-state index contributed by atoms with van der Waals surface area (Å²) >= 11 is 1.61. The SMILES string of the molecule is Cc1ccc(-c2nc(CNCCn3cccn3)cs2)o1. The zero-order valence-corrected chi connectivity index (χ0v) is 12.1. The van der Waals surface area contributed by atoms with Crippen LogP contribution in [0.5, 0.6) is 0 Å². The standard InChI is InChI=1S/C14H16N4OS/c1-11-3-4-13(19-11)14-17-12(10-20-14)9-15-6-8-18-7-2-5-16-18/h2-5,7,10,15H,6,8-9H2,1H3. The molecule has 0 aromatic carbocycles. The van der Waals surface area contributed by atoms with Crippen LogP contribution in [0.2, 0.25) is 0 Å². The molecule has 3 aromatic heterocycles. The van der Waals surface area contributed by atoms with Gasteiger partial charge in [0.15, 0.2) is 10.8 Å². The van der Waals surface area contributed by atoms with Gasteiger partial charge in [-0.15, -0.1) is 11.3 Å². The van der Waals surface area contributed by atoms with E-state index >= 15 is 0 Å². The molecular weight excluding hydrogens is 272 g/mol. The van der Waals surface area contributed by atoms with Gasteiger partial charge in [0.2, 0.25) is 0 Å². The van der Waals surface area contributed by atoms with Crippen LogP contribution in [-0.2, 0) is 13.1 Å². The number of nitrogens with zero attached hydrogens (tertiary/aromatic N) is 3. The molecule has 0 aliphatic rings. The van der Waals surface area contributed by atoms with Gasteiger partial charge in [-0.05, 0) is 25.1 Å². The number of hydrogen-bond donors (Lipinski definition) is 1. The number of rotatable bonds is 6.